The number of nitrogens with one attached hydrogen (secondary N) is 6. The standard InChI is InChI=1S/C19H25N7O2/c27-19(21-13-2-3-13)24-16-10-20-25-17(16)18-22-14-4-1-12(9-15(14)23-18)11-26-5-7-28-8-6-26/h1,4,9-10,13,20,22-23,25H,2-3,5-8,11H2,(H2,21,24,27). The summed E-state index contributed by atoms with van der Waals surface area (Å²) < 4.78 is 5.42. The molecule has 28 heavy (non-hydrogen) atoms. The van der Waals surface area contributed by atoms with Crippen LogP contribution in [0, 0.1) is 0 Å². The molecule has 1 aliphatic carbocycles. The van der Waals surface area contributed by atoms with Crippen LogP contribution < -0.4 is 32.1 Å². The van der Waals surface area contributed by atoms with Crippen molar-refractivity contribution in [2.24, 2.45) is 0 Å². The molecule has 3 heterocycles. The highest BCUT2D eigenvalue weighted by Crippen LogP contribution is 2.33. The molecule has 2 fully saturated rings. The van der Waals surface area contributed by atoms with Crippen LogP contribution in [0.5, 0.6) is 0 Å². The molecule has 1 aromatic carbocycles. The van der Waals surface area contributed by atoms with E-state index >= 15 is 0 Å². The fraction of sp³-hybridized carbons (Fsp3) is 0.421. The highest BCUT2D eigenvalue weighted by molar-refractivity contribution is 5.82. The Bertz CT molecular complexity index is 841. The smallest absolute Gasteiger partial charge is 0.319 e. The average molecular weight is 383 g/mol. The predicted molar refractivity (Wildman–Crippen MR) is 106 cm³/mol. The minimum absolute atomic E-state index is 0.180. The van der Waals surface area contributed by atoms with Gasteiger partial charge in [0.2, 0.25) is 0 Å². The number of amides is 2. The van der Waals surface area contributed by atoms with Crippen molar-refractivity contribution in [2.75, 3.05) is 36.9 Å². The van der Waals surface area contributed by atoms with Gasteiger partial charge in [0.15, 0.2) is 0 Å². The number of fused-ring (bicyclic) bond motifs is 1. The van der Waals surface area contributed by atoms with E-state index in [1.54, 1.807) is 6.20 Å². The SMILES string of the molecule is O=C(NC1=CNNC1=C1Nc2ccc(CN3CCOCC3)cc2N1)NC1CC1. The van der Waals surface area contributed by atoms with Gasteiger partial charge in [0.25, 0.3) is 0 Å². The Hall–Kier alpha value is -2.91. The van der Waals surface area contributed by atoms with E-state index in [0.29, 0.717) is 11.7 Å². The van der Waals surface area contributed by atoms with E-state index in [1.165, 1.54) is 5.56 Å². The zero-order valence-electron chi connectivity index (χ0n) is 15.6. The van der Waals surface area contributed by atoms with Crippen LogP contribution in [-0.4, -0.2) is 43.3 Å². The van der Waals surface area contributed by atoms with E-state index in [0.717, 1.165) is 68.6 Å². The monoisotopic (exact) mass is 383 g/mol. The maximum atomic E-state index is 12.1. The Morgan fingerprint density at radius 3 is 2.82 bits per heavy atom. The van der Waals surface area contributed by atoms with Crippen molar-refractivity contribution in [3.8, 4) is 0 Å². The summed E-state index contributed by atoms with van der Waals surface area (Å²) in [5.74, 6) is 0.807. The molecule has 4 aliphatic rings. The Kier molecular flexibility index (Phi) is 4.46. The molecule has 0 atom stereocenters. The molecule has 0 unspecified atom stereocenters. The summed E-state index contributed by atoms with van der Waals surface area (Å²) in [7, 11) is 0. The third-order valence-corrected chi connectivity index (χ3v) is 5.21. The van der Waals surface area contributed by atoms with Gasteiger partial charge >= 0.3 is 6.03 Å². The molecule has 9 nitrogen and oxygen atoms in total. The number of urea groups is 1. The molecular weight excluding hydrogens is 358 g/mol. The number of ether oxygens (including phenoxy) is 1. The predicted octanol–water partition coefficient (Wildman–Crippen LogP) is 0.936. The molecule has 6 N–H and O–H groups in total. The maximum absolute atomic E-state index is 12.1. The lowest BCUT2D eigenvalue weighted by Gasteiger charge is -2.26. The van der Waals surface area contributed by atoms with E-state index in [2.05, 4.69) is 55.2 Å². The lowest BCUT2D eigenvalue weighted by molar-refractivity contribution is 0.0342. The lowest BCUT2D eigenvalue weighted by Crippen LogP contribution is -2.37. The Balaban J connectivity index is 1.27. The van der Waals surface area contributed by atoms with Crippen LogP contribution in [0.3, 0.4) is 0 Å². The summed E-state index contributed by atoms with van der Waals surface area (Å²) in [5, 5.41) is 12.6. The Morgan fingerprint density at radius 1 is 1.18 bits per heavy atom. The highest BCUT2D eigenvalue weighted by Gasteiger charge is 2.27. The second kappa shape index (κ2) is 7.25. The molecule has 0 aromatic heterocycles. The largest absolute Gasteiger partial charge is 0.379 e. The second-order valence-corrected chi connectivity index (χ2v) is 7.47. The minimum atomic E-state index is -0.180. The number of hydrogen-bond donors (Lipinski definition) is 6. The summed E-state index contributed by atoms with van der Waals surface area (Å²) >= 11 is 0. The van der Waals surface area contributed by atoms with Crippen LogP contribution in [-0.2, 0) is 11.3 Å². The van der Waals surface area contributed by atoms with Gasteiger partial charge in [-0.15, -0.1) is 0 Å². The van der Waals surface area contributed by atoms with E-state index in [1.807, 2.05) is 0 Å². The summed E-state index contributed by atoms with van der Waals surface area (Å²) in [6.45, 7) is 4.46. The van der Waals surface area contributed by atoms with Gasteiger partial charge in [-0.2, -0.15) is 0 Å². The molecule has 0 radical (unpaired) electrons. The van der Waals surface area contributed by atoms with Crippen molar-refractivity contribution in [1.82, 2.24) is 26.4 Å². The van der Waals surface area contributed by atoms with Crippen LogP contribution in [0.25, 0.3) is 0 Å². The third-order valence-electron chi connectivity index (χ3n) is 5.21. The number of rotatable bonds is 4. The average Bonchev–Trinajstić information content (AvgIpc) is 3.22. The number of morpholine rings is 1. The van der Waals surface area contributed by atoms with Crippen molar-refractivity contribution >= 4 is 17.4 Å². The van der Waals surface area contributed by atoms with Gasteiger partial charge in [0.1, 0.15) is 11.5 Å². The molecule has 0 bridgehead atoms. The molecular formula is C19H25N7O2. The first-order chi connectivity index (χ1) is 13.7. The number of nitrogens with zero attached hydrogens (tertiary/aromatic N) is 1. The normalized spacial score (nSPS) is 23.6. The number of carbonyl (C=O) groups is 1. The highest BCUT2D eigenvalue weighted by atomic mass is 16.5. The molecule has 3 aliphatic heterocycles. The second-order valence-electron chi connectivity index (χ2n) is 7.47. The maximum Gasteiger partial charge on any atom is 0.319 e. The van der Waals surface area contributed by atoms with Crippen LogP contribution in [0.15, 0.2) is 41.6 Å². The quantitative estimate of drug-likeness (QED) is 0.460. The van der Waals surface area contributed by atoms with Gasteiger partial charge in [-0.3, -0.25) is 10.3 Å². The first-order valence-corrected chi connectivity index (χ1v) is 9.75. The van der Waals surface area contributed by atoms with Gasteiger partial charge in [-0.25, -0.2) is 4.79 Å². The van der Waals surface area contributed by atoms with Gasteiger partial charge in [0, 0.05) is 31.9 Å². The van der Waals surface area contributed by atoms with Gasteiger partial charge in [-0.1, -0.05) is 6.07 Å². The summed E-state index contributed by atoms with van der Waals surface area (Å²) in [5.41, 5.74) is 10.8. The van der Waals surface area contributed by atoms with Gasteiger partial charge < -0.3 is 31.4 Å². The molecule has 2 amide bonds. The summed E-state index contributed by atoms with van der Waals surface area (Å²) in [6, 6.07) is 6.54. The van der Waals surface area contributed by atoms with E-state index in [9.17, 15) is 4.79 Å². The number of hydrogen-bond acceptors (Lipinski definition) is 7. The molecule has 1 aromatic rings. The summed E-state index contributed by atoms with van der Waals surface area (Å²) in [4.78, 5) is 14.5. The van der Waals surface area contributed by atoms with Crippen molar-refractivity contribution in [3.05, 3.63) is 47.2 Å². The topological polar surface area (TPSA) is 102 Å². The van der Waals surface area contributed by atoms with Crippen molar-refractivity contribution in [2.45, 2.75) is 25.4 Å². The number of hydrazine groups is 1. The molecule has 0 spiro atoms. The minimum Gasteiger partial charge on any atom is -0.379 e. The molecule has 9 heteroatoms. The Labute approximate surface area is 163 Å². The molecule has 148 valence electrons. The van der Waals surface area contributed by atoms with Gasteiger partial charge in [-0.05, 0) is 30.5 Å². The first-order valence-electron chi connectivity index (χ1n) is 9.75. The van der Waals surface area contributed by atoms with E-state index < -0.39 is 0 Å². The van der Waals surface area contributed by atoms with Crippen LogP contribution in [0.2, 0.25) is 0 Å². The molecule has 1 saturated heterocycles. The van der Waals surface area contributed by atoms with Crippen LogP contribution in [0.1, 0.15) is 18.4 Å². The number of carbonyl (C=O) groups excluding carboxylic acids is 1. The van der Waals surface area contributed by atoms with E-state index in [-0.39, 0.29) is 6.03 Å². The number of anilines is 2. The molecule has 1 saturated carbocycles. The number of benzene rings is 1. The van der Waals surface area contributed by atoms with Crippen LogP contribution in [0.4, 0.5) is 16.2 Å². The molecule has 5 rings (SSSR count). The first kappa shape index (κ1) is 17.2. The van der Waals surface area contributed by atoms with E-state index in [4.69, 9.17) is 4.74 Å². The van der Waals surface area contributed by atoms with Crippen molar-refractivity contribution in [1.29, 1.82) is 0 Å². The Morgan fingerprint density at radius 2 is 2.00 bits per heavy atom. The fourth-order valence-corrected chi connectivity index (χ4v) is 3.53. The zero-order valence-corrected chi connectivity index (χ0v) is 15.6. The van der Waals surface area contributed by atoms with Crippen molar-refractivity contribution in [3.63, 3.8) is 0 Å². The third kappa shape index (κ3) is 3.71. The van der Waals surface area contributed by atoms with Crippen molar-refractivity contribution < 1.29 is 9.53 Å². The zero-order chi connectivity index (χ0) is 18.9. The fourth-order valence-electron chi connectivity index (χ4n) is 3.53. The van der Waals surface area contributed by atoms with Crippen LogP contribution >= 0.6 is 0 Å². The lowest BCUT2D eigenvalue weighted by atomic mass is 10.1. The van der Waals surface area contributed by atoms with Gasteiger partial charge in [0.05, 0.1) is 30.3 Å². The summed E-state index contributed by atoms with van der Waals surface area (Å²) in [6.07, 6.45) is 3.86.